The third-order valence-electron chi connectivity index (χ3n) is 5.10. The smallest absolute Gasteiger partial charge is 0.411 e. The summed E-state index contributed by atoms with van der Waals surface area (Å²) in [5, 5.41) is 2.87. The number of allylic oxidation sites excluding steroid dienone is 3. The highest BCUT2D eigenvalue weighted by Gasteiger charge is 2.22. The maximum atomic E-state index is 11.9. The van der Waals surface area contributed by atoms with E-state index in [2.05, 4.69) is 46.6 Å². The van der Waals surface area contributed by atoms with E-state index in [1.54, 1.807) is 0 Å². The number of piperidine rings is 1. The Bertz CT molecular complexity index is 693. The SMILES string of the molecule is CC(C)(C)OC(=O)NC1=CC=C(CN2CCC(Cc3ccccc3)CC2)C1. The van der Waals surface area contributed by atoms with E-state index in [-0.39, 0.29) is 6.09 Å². The molecule has 0 unspecified atom stereocenters. The predicted octanol–water partition coefficient (Wildman–Crippen LogP) is 4.68. The Morgan fingerprint density at radius 2 is 1.85 bits per heavy atom. The largest absolute Gasteiger partial charge is 0.444 e. The summed E-state index contributed by atoms with van der Waals surface area (Å²) in [6.07, 6.45) is 8.30. The van der Waals surface area contributed by atoms with Crippen LogP contribution in [-0.2, 0) is 11.2 Å². The molecule has 1 amide bonds. The number of hydrogen-bond donors (Lipinski definition) is 1. The summed E-state index contributed by atoms with van der Waals surface area (Å²) in [5.41, 5.74) is 3.28. The molecule has 3 rings (SSSR count). The first-order chi connectivity index (χ1) is 12.9. The van der Waals surface area contributed by atoms with Crippen LogP contribution in [0.2, 0.25) is 0 Å². The van der Waals surface area contributed by atoms with E-state index < -0.39 is 5.60 Å². The molecular weight excluding hydrogens is 336 g/mol. The van der Waals surface area contributed by atoms with Crippen molar-refractivity contribution in [2.75, 3.05) is 19.6 Å². The van der Waals surface area contributed by atoms with E-state index in [1.165, 1.54) is 30.4 Å². The first-order valence-electron chi connectivity index (χ1n) is 10.0. The van der Waals surface area contributed by atoms with Gasteiger partial charge >= 0.3 is 6.09 Å². The molecule has 1 aromatic carbocycles. The highest BCUT2D eigenvalue weighted by molar-refractivity contribution is 5.70. The molecule has 2 aliphatic rings. The van der Waals surface area contributed by atoms with Crippen LogP contribution in [-0.4, -0.2) is 36.2 Å². The number of likely N-dealkylation sites (tertiary alicyclic amines) is 1. The second-order valence-corrected chi connectivity index (χ2v) is 8.73. The van der Waals surface area contributed by atoms with Gasteiger partial charge in [-0.1, -0.05) is 42.0 Å². The Kier molecular flexibility index (Phi) is 6.38. The fraction of sp³-hybridized carbons (Fsp3) is 0.522. The monoisotopic (exact) mass is 368 g/mol. The van der Waals surface area contributed by atoms with Crippen molar-refractivity contribution in [3.05, 3.63) is 59.3 Å². The van der Waals surface area contributed by atoms with Gasteiger partial charge in [0.05, 0.1) is 0 Å². The fourth-order valence-electron chi connectivity index (χ4n) is 3.79. The van der Waals surface area contributed by atoms with Crippen LogP contribution in [0.15, 0.2) is 53.8 Å². The molecule has 0 aromatic heterocycles. The summed E-state index contributed by atoms with van der Waals surface area (Å²) in [5.74, 6) is 0.795. The Morgan fingerprint density at radius 3 is 2.52 bits per heavy atom. The molecule has 0 bridgehead atoms. The average Bonchev–Trinajstić information content (AvgIpc) is 3.02. The Labute approximate surface area is 163 Å². The van der Waals surface area contributed by atoms with Crippen molar-refractivity contribution in [1.82, 2.24) is 10.2 Å². The van der Waals surface area contributed by atoms with E-state index in [1.807, 2.05) is 26.8 Å². The predicted molar refractivity (Wildman–Crippen MR) is 109 cm³/mol. The quantitative estimate of drug-likeness (QED) is 0.820. The molecule has 1 heterocycles. The molecule has 1 saturated heterocycles. The van der Waals surface area contributed by atoms with Crippen molar-refractivity contribution in [1.29, 1.82) is 0 Å². The van der Waals surface area contributed by atoms with Gasteiger partial charge in [-0.05, 0) is 70.7 Å². The second-order valence-electron chi connectivity index (χ2n) is 8.73. The van der Waals surface area contributed by atoms with E-state index in [9.17, 15) is 4.79 Å². The van der Waals surface area contributed by atoms with Crippen molar-refractivity contribution < 1.29 is 9.53 Å². The maximum Gasteiger partial charge on any atom is 0.411 e. The number of alkyl carbamates (subject to hydrolysis) is 1. The lowest BCUT2D eigenvalue weighted by Crippen LogP contribution is -2.36. The zero-order valence-electron chi connectivity index (χ0n) is 16.8. The van der Waals surface area contributed by atoms with Crippen molar-refractivity contribution in [3.63, 3.8) is 0 Å². The summed E-state index contributed by atoms with van der Waals surface area (Å²) in [4.78, 5) is 14.4. The van der Waals surface area contributed by atoms with Gasteiger partial charge in [-0.15, -0.1) is 0 Å². The van der Waals surface area contributed by atoms with E-state index >= 15 is 0 Å². The average molecular weight is 369 g/mol. The number of ether oxygens (including phenoxy) is 1. The Hall–Kier alpha value is -2.07. The van der Waals surface area contributed by atoms with Crippen LogP contribution < -0.4 is 5.32 Å². The van der Waals surface area contributed by atoms with Crippen molar-refractivity contribution in [2.24, 2.45) is 5.92 Å². The first kappa shape index (κ1) is 19.7. The van der Waals surface area contributed by atoms with Gasteiger partial charge in [-0.25, -0.2) is 4.79 Å². The van der Waals surface area contributed by atoms with Gasteiger partial charge in [0, 0.05) is 18.7 Å². The number of carbonyl (C=O) groups is 1. The molecular formula is C23H32N2O2. The molecule has 1 fully saturated rings. The zero-order valence-corrected chi connectivity index (χ0v) is 16.8. The molecule has 0 atom stereocenters. The summed E-state index contributed by atoms with van der Waals surface area (Å²) in [7, 11) is 0. The van der Waals surface area contributed by atoms with E-state index in [4.69, 9.17) is 4.74 Å². The molecule has 146 valence electrons. The van der Waals surface area contributed by atoms with Gasteiger partial charge in [-0.3, -0.25) is 10.2 Å². The number of benzene rings is 1. The molecule has 1 aliphatic heterocycles. The van der Waals surface area contributed by atoms with Crippen LogP contribution in [0.1, 0.15) is 45.6 Å². The minimum atomic E-state index is -0.469. The van der Waals surface area contributed by atoms with Crippen LogP contribution in [0.3, 0.4) is 0 Å². The first-order valence-corrected chi connectivity index (χ1v) is 10.0. The molecule has 0 spiro atoms. The lowest BCUT2D eigenvalue weighted by molar-refractivity contribution is 0.0545. The van der Waals surface area contributed by atoms with Crippen molar-refractivity contribution >= 4 is 6.09 Å². The van der Waals surface area contributed by atoms with Crippen LogP contribution in [0.4, 0.5) is 4.79 Å². The van der Waals surface area contributed by atoms with Crippen LogP contribution >= 0.6 is 0 Å². The van der Waals surface area contributed by atoms with Gasteiger partial charge in [0.15, 0.2) is 0 Å². The number of nitrogens with zero attached hydrogens (tertiary/aromatic N) is 1. The van der Waals surface area contributed by atoms with Crippen LogP contribution in [0, 0.1) is 5.92 Å². The third kappa shape index (κ3) is 6.55. The molecule has 1 aromatic rings. The molecule has 0 radical (unpaired) electrons. The molecule has 27 heavy (non-hydrogen) atoms. The Balaban J connectivity index is 1.36. The lowest BCUT2D eigenvalue weighted by atomic mass is 9.90. The maximum absolute atomic E-state index is 11.9. The summed E-state index contributed by atoms with van der Waals surface area (Å²) in [6.45, 7) is 8.93. The van der Waals surface area contributed by atoms with Gasteiger partial charge in [0.1, 0.15) is 5.60 Å². The topological polar surface area (TPSA) is 41.6 Å². The standard InChI is InChI=1S/C23H32N2O2/c1-23(2,3)27-22(26)24-21-10-9-20(16-21)17-25-13-11-19(12-14-25)15-18-7-5-4-6-8-18/h4-10,19H,11-17H2,1-3H3,(H,24,26). The highest BCUT2D eigenvalue weighted by Crippen LogP contribution is 2.24. The van der Waals surface area contributed by atoms with Gasteiger partial charge in [0.2, 0.25) is 0 Å². The van der Waals surface area contributed by atoms with Crippen LogP contribution in [0.5, 0.6) is 0 Å². The highest BCUT2D eigenvalue weighted by atomic mass is 16.6. The minimum absolute atomic E-state index is 0.370. The number of amides is 1. The van der Waals surface area contributed by atoms with E-state index in [0.29, 0.717) is 0 Å². The molecule has 4 nitrogen and oxygen atoms in total. The molecule has 4 heteroatoms. The second kappa shape index (κ2) is 8.75. The normalized spacial score (nSPS) is 18.8. The molecule has 0 saturated carbocycles. The number of hydrogen-bond acceptors (Lipinski definition) is 3. The number of nitrogens with one attached hydrogen (secondary N) is 1. The van der Waals surface area contributed by atoms with Gasteiger partial charge in [-0.2, -0.15) is 0 Å². The summed E-state index contributed by atoms with van der Waals surface area (Å²) < 4.78 is 5.32. The van der Waals surface area contributed by atoms with Gasteiger partial charge in [0.25, 0.3) is 0 Å². The van der Waals surface area contributed by atoms with Gasteiger partial charge < -0.3 is 4.74 Å². The zero-order chi connectivity index (χ0) is 19.3. The lowest BCUT2D eigenvalue weighted by Gasteiger charge is -2.32. The minimum Gasteiger partial charge on any atom is -0.444 e. The Morgan fingerprint density at radius 1 is 1.15 bits per heavy atom. The molecule has 1 N–H and O–H groups in total. The van der Waals surface area contributed by atoms with Crippen molar-refractivity contribution in [3.8, 4) is 0 Å². The third-order valence-corrected chi connectivity index (χ3v) is 5.10. The number of rotatable bonds is 5. The number of carbonyl (C=O) groups excluding carboxylic acids is 1. The van der Waals surface area contributed by atoms with Crippen molar-refractivity contribution in [2.45, 2.75) is 52.1 Å². The van der Waals surface area contributed by atoms with E-state index in [0.717, 1.165) is 37.7 Å². The summed E-state index contributed by atoms with van der Waals surface area (Å²) >= 11 is 0. The fourth-order valence-corrected chi connectivity index (χ4v) is 3.79. The summed E-state index contributed by atoms with van der Waals surface area (Å²) in [6, 6.07) is 10.8. The van der Waals surface area contributed by atoms with Crippen LogP contribution in [0.25, 0.3) is 0 Å². The molecule has 1 aliphatic carbocycles.